The molecule has 0 saturated heterocycles. The summed E-state index contributed by atoms with van der Waals surface area (Å²) in [6.07, 6.45) is 1.58. The van der Waals surface area contributed by atoms with E-state index in [1.54, 1.807) is 25.3 Å². The van der Waals surface area contributed by atoms with Crippen molar-refractivity contribution in [2.45, 2.75) is 32.8 Å². The second kappa shape index (κ2) is 9.34. The van der Waals surface area contributed by atoms with E-state index in [0.29, 0.717) is 17.7 Å². The highest BCUT2D eigenvalue weighted by Gasteiger charge is 2.08. The fraction of sp³-hybridized carbons (Fsp3) is 0.375. The van der Waals surface area contributed by atoms with E-state index in [4.69, 9.17) is 14.6 Å². The highest BCUT2D eigenvalue weighted by Crippen LogP contribution is 2.06. The van der Waals surface area contributed by atoms with Gasteiger partial charge in [0.15, 0.2) is 0 Å². The van der Waals surface area contributed by atoms with Crippen LogP contribution in [0.2, 0.25) is 0 Å². The normalized spacial score (nSPS) is 9.96. The molecule has 0 amide bonds. The molecular weight excluding hydrogens is 302 g/mol. The highest BCUT2D eigenvalue weighted by atomic mass is 16.5. The zero-order valence-corrected chi connectivity index (χ0v) is 12.9. The van der Waals surface area contributed by atoms with E-state index < -0.39 is 17.9 Å². The third-order valence-electron chi connectivity index (χ3n) is 2.76. The predicted molar refractivity (Wildman–Crippen MR) is 80.4 cm³/mol. The van der Waals surface area contributed by atoms with Crippen LogP contribution in [-0.4, -0.2) is 34.6 Å². The SMILES string of the molecule is C=C(C)C(=O)OCCc1cc(COC(=O)CCC(=O)O)ccn1. The fourth-order valence-electron chi connectivity index (χ4n) is 1.57. The number of carbonyl (C=O) groups is 3. The van der Waals surface area contributed by atoms with Crippen molar-refractivity contribution in [1.29, 1.82) is 0 Å². The summed E-state index contributed by atoms with van der Waals surface area (Å²) in [6, 6.07) is 3.42. The maximum atomic E-state index is 11.3. The summed E-state index contributed by atoms with van der Waals surface area (Å²) in [5, 5.41) is 8.48. The van der Waals surface area contributed by atoms with Crippen LogP contribution in [0.4, 0.5) is 0 Å². The van der Waals surface area contributed by atoms with Crippen molar-refractivity contribution in [2.75, 3.05) is 6.61 Å². The number of rotatable bonds is 9. The van der Waals surface area contributed by atoms with Crippen molar-refractivity contribution in [2.24, 2.45) is 0 Å². The third-order valence-corrected chi connectivity index (χ3v) is 2.76. The number of nitrogens with zero attached hydrogens (tertiary/aromatic N) is 1. The third kappa shape index (κ3) is 7.75. The molecule has 7 heteroatoms. The van der Waals surface area contributed by atoms with Crippen LogP contribution in [0.5, 0.6) is 0 Å². The molecule has 0 atom stereocenters. The van der Waals surface area contributed by atoms with Gasteiger partial charge in [-0.1, -0.05) is 6.58 Å². The lowest BCUT2D eigenvalue weighted by Crippen LogP contribution is -2.09. The van der Waals surface area contributed by atoms with Gasteiger partial charge in [-0.05, 0) is 24.6 Å². The lowest BCUT2D eigenvalue weighted by Gasteiger charge is -2.07. The molecular formula is C16H19NO6. The van der Waals surface area contributed by atoms with Crippen LogP contribution in [0.1, 0.15) is 31.0 Å². The number of hydrogen-bond donors (Lipinski definition) is 1. The summed E-state index contributed by atoms with van der Waals surface area (Å²) < 4.78 is 9.96. The van der Waals surface area contributed by atoms with Gasteiger partial charge in [-0.25, -0.2) is 4.79 Å². The average molecular weight is 321 g/mol. The maximum Gasteiger partial charge on any atom is 0.333 e. The van der Waals surface area contributed by atoms with Gasteiger partial charge in [-0.15, -0.1) is 0 Å². The van der Waals surface area contributed by atoms with Crippen LogP contribution in [0.25, 0.3) is 0 Å². The Bertz CT molecular complexity index is 596. The second-order valence-corrected chi connectivity index (χ2v) is 4.88. The fourth-order valence-corrected chi connectivity index (χ4v) is 1.57. The molecule has 1 aromatic heterocycles. The monoisotopic (exact) mass is 321 g/mol. The average Bonchev–Trinajstić information content (AvgIpc) is 2.51. The number of carbonyl (C=O) groups excluding carboxylic acids is 2. The van der Waals surface area contributed by atoms with E-state index in [-0.39, 0.29) is 26.1 Å². The second-order valence-electron chi connectivity index (χ2n) is 4.88. The van der Waals surface area contributed by atoms with E-state index in [1.807, 2.05) is 0 Å². The van der Waals surface area contributed by atoms with Crippen LogP contribution < -0.4 is 0 Å². The standard InChI is InChI=1S/C16H19NO6/c1-11(2)16(21)22-8-6-13-9-12(5-7-17-13)10-23-15(20)4-3-14(18)19/h5,7,9H,1,3-4,6,8,10H2,2H3,(H,18,19). The Morgan fingerprint density at radius 2 is 2.00 bits per heavy atom. The lowest BCUT2D eigenvalue weighted by molar-refractivity contribution is -0.148. The Morgan fingerprint density at radius 1 is 1.26 bits per heavy atom. The number of aromatic nitrogens is 1. The van der Waals surface area contributed by atoms with Gasteiger partial charge in [-0.3, -0.25) is 14.6 Å². The molecule has 0 bridgehead atoms. The smallest absolute Gasteiger partial charge is 0.333 e. The van der Waals surface area contributed by atoms with Gasteiger partial charge in [0.2, 0.25) is 0 Å². The molecule has 0 aromatic carbocycles. The first kappa shape index (κ1) is 18.3. The van der Waals surface area contributed by atoms with Crippen LogP contribution >= 0.6 is 0 Å². The van der Waals surface area contributed by atoms with Crippen molar-refractivity contribution in [1.82, 2.24) is 4.98 Å². The quantitative estimate of drug-likeness (QED) is 0.545. The molecule has 0 unspecified atom stereocenters. The Kier molecular flexibility index (Phi) is 7.45. The lowest BCUT2D eigenvalue weighted by atomic mass is 10.2. The first-order chi connectivity index (χ1) is 10.9. The molecule has 1 rings (SSSR count). The molecule has 0 spiro atoms. The van der Waals surface area contributed by atoms with E-state index in [1.165, 1.54) is 0 Å². The van der Waals surface area contributed by atoms with Crippen LogP contribution in [0.15, 0.2) is 30.5 Å². The van der Waals surface area contributed by atoms with Gasteiger partial charge in [0.1, 0.15) is 6.61 Å². The maximum absolute atomic E-state index is 11.3. The van der Waals surface area contributed by atoms with Crippen LogP contribution in [0, 0.1) is 0 Å². The number of aliphatic carboxylic acids is 1. The molecule has 0 radical (unpaired) electrons. The number of carboxylic acids is 1. The molecule has 0 aliphatic carbocycles. The minimum Gasteiger partial charge on any atom is -0.481 e. The Balaban J connectivity index is 2.41. The van der Waals surface area contributed by atoms with E-state index >= 15 is 0 Å². The zero-order valence-electron chi connectivity index (χ0n) is 12.9. The summed E-state index contributed by atoms with van der Waals surface area (Å²) in [5.41, 5.74) is 1.75. The molecule has 1 N–H and O–H groups in total. The molecule has 1 heterocycles. The van der Waals surface area contributed by atoms with E-state index in [9.17, 15) is 14.4 Å². The molecule has 1 aromatic rings. The van der Waals surface area contributed by atoms with Crippen molar-refractivity contribution < 1.29 is 29.0 Å². The van der Waals surface area contributed by atoms with Gasteiger partial charge < -0.3 is 14.6 Å². The summed E-state index contributed by atoms with van der Waals surface area (Å²) in [7, 11) is 0. The number of hydrogen-bond acceptors (Lipinski definition) is 6. The number of ether oxygens (including phenoxy) is 2. The summed E-state index contributed by atoms with van der Waals surface area (Å²) >= 11 is 0. The van der Waals surface area contributed by atoms with E-state index in [0.717, 1.165) is 5.56 Å². The zero-order chi connectivity index (χ0) is 17.2. The molecule has 124 valence electrons. The number of carboxylic acid groups (broad SMARTS) is 1. The van der Waals surface area contributed by atoms with Crippen molar-refractivity contribution in [3.8, 4) is 0 Å². The molecule has 0 fully saturated rings. The largest absolute Gasteiger partial charge is 0.481 e. The first-order valence-electron chi connectivity index (χ1n) is 7.02. The summed E-state index contributed by atoms with van der Waals surface area (Å²) in [5.74, 6) is -2.06. The van der Waals surface area contributed by atoms with E-state index in [2.05, 4.69) is 11.6 Å². The van der Waals surface area contributed by atoms with Gasteiger partial charge >= 0.3 is 17.9 Å². The van der Waals surface area contributed by atoms with Crippen molar-refractivity contribution >= 4 is 17.9 Å². The number of pyridine rings is 1. The Morgan fingerprint density at radius 3 is 2.65 bits per heavy atom. The van der Waals surface area contributed by atoms with Crippen molar-refractivity contribution in [3.63, 3.8) is 0 Å². The van der Waals surface area contributed by atoms with Crippen LogP contribution in [0.3, 0.4) is 0 Å². The topological polar surface area (TPSA) is 103 Å². The van der Waals surface area contributed by atoms with Gasteiger partial charge in [0, 0.05) is 23.9 Å². The minimum atomic E-state index is -1.04. The van der Waals surface area contributed by atoms with Crippen molar-refractivity contribution in [3.05, 3.63) is 41.7 Å². The first-order valence-corrected chi connectivity index (χ1v) is 7.02. The van der Waals surface area contributed by atoms with Crippen LogP contribution in [-0.2, 0) is 36.9 Å². The molecule has 0 aliphatic rings. The summed E-state index contributed by atoms with van der Waals surface area (Å²) in [6.45, 7) is 5.28. The van der Waals surface area contributed by atoms with Gasteiger partial charge in [0.25, 0.3) is 0 Å². The Labute approximate surface area is 133 Å². The molecule has 0 aliphatic heterocycles. The van der Waals surface area contributed by atoms with Gasteiger partial charge in [0.05, 0.1) is 19.4 Å². The summed E-state index contributed by atoms with van der Waals surface area (Å²) in [4.78, 5) is 37.1. The number of esters is 2. The molecule has 7 nitrogen and oxygen atoms in total. The predicted octanol–water partition coefficient (Wildman–Crippen LogP) is 1.65. The minimum absolute atomic E-state index is 0.0412. The Hall–Kier alpha value is -2.70. The highest BCUT2D eigenvalue weighted by molar-refractivity contribution is 5.86. The molecule has 0 saturated carbocycles. The molecule has 23 heavy (non-hydrogen) atoms. The van der Waals surface area contributed by atoms with Gasteiger partial charge in [-0.2, -0.15) is 0 Å².